The van der Waals surface area contributed by atoms with Gasteiger partial charge in [0.05, 0.1) is 5.60 Å². The number of rotatable bonds is 7. The summed E-state index contributed by atoms with van der Waals surface area (Å²) in [5.41, 5.74) is 0.239. The molecule has 18 heavy (non-hydrogen) atoms. The highest BCUT2D eigenvalue weighted by Gasteiger charge is 2.19. The molecule has 1 aromatic rings. The maximum Gasteiger partial charge on any atom is 0.0765 e. The van der Waals surface area contributed by atoms with Gasteiger partial charge in [-0.05, 0) is 30.7 Å². The van der Waals surface area contributed by atoms with Crippen molar-refractivity contribution in [3.63, 3.8) is 0 Å². The molecular weight excluding hydrogens is 318 g/mol. The fourth-order valence-corrected chi connectivity index (χ4v) is 2.15. The molecule has 1 rings (SSSR count). The summed E-state index contributed by atoms with van der Waals surface area (Å²) in [6.45, 7) is 3.47. The first-order valence-corrected chi connectivity index (χ1v) is 6.98. The number of hydrogen-bond acceptors (Lipinski definition) is 3. The van der Waals surface area contributed by atoms with Crippen LogP contribution in [-0.4, -0.2) is 31.0 Å². The first-order chi connectivity index (χ1) is 8.44. The van der Waals surface area contributed by atoms with Gasteiger partial charge in [0.2, 0.25) is 0 Å². The molecule has 0 aliphatic rings. The van der Waals surface area contributed by atoms with Crippen molar-refractivity contribution in [2.45, 2.75) is 25.5 Å². The van der Waals surface area contributed by atoms with E-state index in [1.54, 1.807) is 14.0 Å². The lowest BCUT2D eigenvalue weighted by molar-refractivity contribution is 0.0247. The smallest absolute Gasteiger partial charge is 0.0765 e. The molecule has 0 aromatic heterocycles. The SMILES string of the molecule is COCCC(C)(O)CNCc1cc(Br)ccc1Cl. The topological polar surface area (TPSA) is 41.5 Å². The molecule has 1 atom stereocenters. The highest BCUT2D eigenvalue weighted by Crippen LogP contribution is 2.21. The van der Waals surface area contributed by atoms with E-state index >= 15 is 0 Å². The van der Waals surface area contributed by atoms with Crippen molar-refractivity contribution in [3.8, 4) is 0 Å². The van der Waals surface area contributed by atoms with E-state index in [2.05, 4.69) is 21.2 Å². The molecule has 0 radical (unpaired) electrons. The molecule has 2 N–H and O–H groups in total. The van der Waals surface area contributed by atoms with Crippen LogP contribution in [0.2, 0.25) is 5.02 Å². The molecule has 0 fully saturated rings. The van der Waals surface area contributed by atoms with Gasteiger partial charge in [-0.15, -0.1) is 0 Å². The Morgan fingerprint density at radius 2 is 2.22 bits per heavy atom. The Labute approximate surface area is 122 Å². The molecule has 3 nitrogen and oxygen atoms in total. The summed E-state index contributed by atoms with van der Waals surface area (Å²) in [6, 6.07) is 5.73. The molecule has 0 saturated carbocycles. The van der Waals surface area contributed by atoms with Crippen LogP contribution in [0.1, 0.15) is 18.9 Å². The first kappa shape index (κ1) is 15.9. The van der Waals surface area contributed by atoms with Crippen LogP contribution in [0.25, 0.3) is 0 Å². The Hall–Kier alpha value is -0.130. The van der Waals surface area contributed by atoms with Gasteiger partial charge in [-0.1, -0.05) is 27.5 Å². The Morgan fingerprint density at radius 1 is 1.50 bits per heavy atom. The van der Waals surface area contributed by atoms with Crippen molar-refractivity contribution in [3.05, 3.63) is 33.3 Å². The summed E-state index contributed by atoms with van der Waals surface area (Å²) in [5, 5.41) is 14.0. The predicted molar refractivity (Wildman–Crippen MR) is 78.0 cm³/mol. The van der Waals surface area contributed by atoms with Crippen molar-refractivity contribution in [1.82, 2.24) is 5.32 Å². The van der Waals surface area contributed by atoms with Gasteiger partial charge in [-0.3, -0.25) is 0 Å². The van der Waals surface area contributed by atoms with E-state index < -0.39 is 5.60 Å². The zero-order chi connectivity index (χ0) is 13.6. The Kier molecular flexibility index (Phi) is 6.60. The third-order valence-electron chi connectivity index (χ3n) is 2.67. The minimum atomic E-state index is -0.769. The minimum Gasteiger partial charge on any atom is -0.389 e. The predicted octanol–water partition coefficient (Wildman–Crippen LogP) is 2.98. The Bertz CT molecular complexity index is 385. The molecule has 102 valence electrons. The van der Waals surface area contributed by atoms with E-state index in [1.165, 1.54) is 0 Å². The van der Waals surface area contributed by atoms with Gasteiger partial charge in [0.1, 0.15) is 0 Å². The lowest BCUT2D eigenvalue weighted by Crippen LogP contribution is -2.38. The molecule has 0 heterocycles. The second kappa shape index (κ2) is 7.46. The van der Waals surface area contributed by atoms with Crippen LogP contribution < -0.4 is 5.32 Å². The molecule has 0 spiro atoms. The van der Waals surface area contributed by atoms with Crippen molar-refractivity contribution in [2.75, 3.05) is 20.3 Å². The maximum atomic E-state index is 10.1. The minimum absolute atomic E-state index is 0.499. The lowest BCUT2D eigenvalue weighted by atomic mass is 10.0. The Morgan fingerprint density at radius 3 is 2.89 bits per heavy atom. The molecule has 0 bridgehead atoms. The standard InChI is InChI=1S/C13H19BrClNO2/c1-13(17,5-6-18-2)9-16-8-10-7-11(14)3-4-12(10)15/h3-4,7,16-17H,5-6,8-9H2,1-2H3. The van der Waals surface area contributed by atoms with Crippen LogP contribution in [0.5, 0.6) is 0 Å². The highest BCUT2D eigenvalue weighted by atomic mass is 79.9. The summed E-state index contributed by atoms with van der Waals surface area (Å²) >= 11 is 9.50. The van der Waals surface area contributed by atoms with E-state index in [4.69, 9.17) is 16.3 Å². The van der Waals surface area contributed by atoms with Crippen LogP contribution >= 0.6 is 27.5 Å². The van der Waals surface area contributed by atoms with Crippen LogP contribution in [0.4, 0.5) is 0 Å². The van der Waals surface area contributed by atoms with E-state index in [9.17, 15) is 5.11 Å². The van der Waals surface area contributed by atoms with Gasteiger partial charge < -0.3 is 15.2 Å². The average Bonchev–Trinajstić information content (AvgIpc) is 2.31. The monoisotopic (exact) mass is 335 g/mol. The zero-order valence-corrected chi connectivity index (χ0v) is 13.0. The van der Waals surface area contributed by atoms with Gasteiger partial charge in [0, 0.05) is 42.7 Å². The number of hydrogen-bond donors (Lipinski definition) is 2. The fourth-order valence-electron chi connectivity index (χ4n) is 1.56. The van der Waals surface area contributed by atoms with Crippen LogP contribution in [0, 0.1) is 0 Å². The Balaban J connectivity index is 2.43. The number of nitrogens with one attached hydrogen (secondary N) is 1. The summed E-state index contributed by atoms with van der Waals surface area (Å²) in [7, 11) is 1.63. The second-order valence-corrected chi connectivity index (χ2v) is 5.90. The fraction of sp³-hybridized carbons (Fsp3) is 0.538. The molecule has 0 aliphatic heterocycles. The van der Waals surface area contributed by atoms with E-state index in [0.717, 1.165) is 15.1 Å². The summed E-state index contributed by atoms with van der Waals surface area (Å²) in [6.07, 6.45) is 0.600. The van der Waals surface area contributed by atoms with E-state index in [-0.39, 0.29) is 0 Å². The number of aliphatic hydroxyl groups is 1. The van der Waals surface area contributed by atoms with Gasteiger partial charge in [0.15, 0.2) is 0 Å². The highest BCUT2D eigenvalue weighted by molar-refractivity contribution is 9.10. The van der Waals surface area contributed by atoms with Crippen LogP contribution in [0.15, 0.2) is 22.7 Å². The van der Waals surface area contributed by atoms with Gasteiger partial charge in [-0.25, -0.2) is 0 Å². The van der Waals surface area contributed by atoms with Gasteiger partial charge in [0.25, 0.3) is 0 Å². The van der Waals surface area contributed by atoms with E-state index in [1.807, 2.05) is 18.2 Å². The first-order valence-electron chi connectivity index (χ1n) is 5.80. The third-order valence-corrected chi connectivity index (χ3v) is 3.54. The maximum absolute atomic E-state index is 10.1. The normalized spacial score (nSPS) is 14.5. The third kappa shape index (κ3) is 5.67. The van der Waals surface area contributed by atoms with Crippen LogP contribution in [-0.2, 0) is 11.3 Å². The summed E-state index contributed by atoms with van der Waals surface area (Å²) in [5.74, 6) is 0. The molecule has 1 unspecified atom stereocenters. The number of methoxy groups -OCH3 is 1. The number of ether oxygens (including phenoxy) is 1. The second-order valence-electron chi connectivity index (χ2n) is 4.58. The molecule has 0 saturated heterocycles. The summed E-state index contributed by atoms with van der Waals surface area (Å²) < 4.78 is 5.96. The van der Waals surface area contributed by atoms with Crippen molar-refractivity contribution in [2.24, 2.45) is 0 Å². The lowest BCUT2D eigenvalue weighted by Gasteiger charge is -2.23. The van der Waals surface area contributed by atoms with Crippen molar-refractivity contribution >= 4 is 27.5 Å². The van der Waals surface area contributed by atoms with Crippen molar-refractivity contribution in [1.29, 1.82) is 0 Å². The average molecular weight is 337 g/mol. The van der Waals surface area contributed by atoms with Gasteiger partial charge in [-0.2, -0.15) is 0 Å². The molecular formula is C13H19BrClNO2. The van der Waals surface area contributed by atoms with Crippen LogP contribution in [0.3, 0.4) is 0 Å². The molecule has 0 amide bonds. The largest absolute Gasteiger partial charge is 0.389 e. The zero-order valence-electron chi connectivity index (χ0n) is 10.7. The van der Waals surface area contributed by atoms with Gasteiger partial charge >= 0.3 is 0 Å². The molecule has 1 aromatic carbocycles. The molecule has 0 aliphatic carbocycles. The van der Waals surface area contributed by atoms with E-state index in [0.29, 0.717) is 26.1 Å². The van der Waals surface area contributed by atoms with Crippen molar-refractivity contribution < 1.29 is 9.84 Å². The number of benzene rings is 1. The summed E-state index contributed by atoms with van der Waals surface area (Å²) in [4.78, 5) is 0. The number of halogens is 2. The molecule has 5 heteroatoms. The quantitative estimate of drug-likeness (QED) is 0.804.